The van der Waals surface area contributed by atoms with Crippen molar-refractivity contribution in [1.82, 2.24) is 9.80 Å². The summed E-state index contributed by atoms with van der Waals surface area (Å²) >= 11 is 0. The zero-order chi connectivity index (χ0) is 21.3. The first-order chi connectivity index (χ1) is 13.7. The molecule has 0 saturated carbocycles. The normalized spacial score (nSPS) is 14.0. The summed E-state index contributed by atoms with van der Waals surface area (Å²) < 4.78 is 0. The van der Waals surface area contributed by atoms with Crippen molar-refractivity contribution < 1.29 is 19.2 Å². The summed E-state index contributed by atoms with van der Waals surface area (Å²) in [6, 6.07) is 11.4. The SMILES string of the molecule is Cc1ccc(C(=O)C(C)N(C)C(=O)CCN2C(=O)c3ccccc3C2=O)cc1C. The van der Waals surface area contributed by atoms with E-state index in [0.717, 1.165) is 16.0 Å². The van der Waals surface area contributed by atoms with E-state index in [1.54, 1.807) is 44.3 Å². The lowest BCUT2D eigenvalue weighted by molar-refractivity contribution is -0.131. The Morgan fingerprint density at radius 1 is 0.966 bits per heavy atom. The predicted octanol–water partition coefficient (Wildman–Crippen LogP) is 3.02. The Bertz CT molecular complexity index is 977. The van der Waals surface area contributed by atoms with E-state index >= 15 is 0 Å². The minimum Gasteiger partial charge on any atom is -0.336 e. The summed E-state index contributed by atoms with van der Waals surface area (Å²) in [5.41, 5.74) is 3.39. The number of carbonyl (C=O) groups is 4. The van der Waals surface area contributed by atoms with Gasteiger partial charge in [0.1, 0.15) is 0 Å². The van der Waals surface area contributed by atoms with Gasteiger partial charge in [0.2, 0.25) is 5.91 Å². The van der Waals surface area contributed by atoms with Gasteiger partial charge in [0, 0.05) is 25.6 Å². The summed E-state index contributed by atoms with van der Waals surface area (Å²) in [6.07, 6.45) is -0.0352. The number of Topliss-reactive ketones (excluding diaryl/α,β-unsaturated/α-hetero) is 1. The number of imide groups is 1. The van der Waals surface area contributed by atoms with Crippen LogP contribution in [0.15, 0.2) is 42.5 Å². The molecule has 1 heterocycles. The van der Waals surface area contributed by atoms with Gasteiger partial charge in [0.15, 0.2) is 5.78 Å². The largest absolute Gasteiger partial charge is 0.336 e. The first kappa shape index (κ1) is 20.5. The van der Waals surface area contributed by atoms with Crippen molar-refractivity contribution in [2.75, 3.05) is 13.6 Å². The molecule has 0 radical (unpaired) electrons. The molecule has 29 heavy (non-hydrogen) atoms. The number of carbonyl (C=O) groups excluding carboxylic acids is 4. The number of likely N-dealkylation sites (N-methyl/N-ethyl adjacent to an activating group) is 1. The second kappa shape index (κ2) is 7.99. The van der Waals surface area contributed by atoms with Gasteiger partial charge in [0.25, 0.3) is 11.8 Å². The molecule has 0 bridgehead atoms. The average molecular weight is 392 g/mol. The molecule has 0 aliphatic carbocycles. The fraction of sp³-hybridized carbons (Fsp3) is 0.304. The topological polar surface area (TPSA) is 74.8 Å². The highest BCUT2D eigenvalue weighted by molar-refractivity contribution is 6.21. The lowest BCUT2D eigenvalue weighted by atomic mass is 9.99. The van der Waals surface area contributed by atoms with E-state index in [4.69, 9.17) is 0 Å². The number of ketones is 1. The third-order valence-electron chi connectivity index (χ3n) is 5.57. The van der Waals surface area contributed by atoms with Crippen LogP contribution < -0.4 is 0 Å². The summed E-state index contributed by atoms with van der Waals surface area (Å²) in [7, 11) is 1.56. The Morgan fingerprint density at radius 3 is 2.10 bits per heavy atom. The van der Waals surface area contributed by atoms with Crippen molar-refractivity contribution in [2.24, 2.45) is 0 Å². The van der Waals surface area contributed by atoms with E-state index in [1.165, 1.54) is 4.90 Å². The molecule has 0 saturated heterocycles. The molecule has 0 N–H and O–H groups in total. The highest BCUT2D eigenvalue weighted by Gasteiger charge is 2.35. The molecule has 3 rings (SSSR count). The van der Waals surface area contributed by atoms with Crippen LogP contribution in [-0.2, 0) is 4.79 Å². The number of nitrogens with zero attached hydrogens (tertiary/aromatic N) is 2. The van der Waals surface area contributed by atoms with E-state index in [1.807, 2.05) is 26.0 Å². The number of benzene rings is 2. The minimum absolute atomic E-state index is 0.0138. The molecule has 2 aromatic rings. The Kier molecular flexibility index (Phi) is 5.64. The Hall–Kier alpha value is -3.28. The van der Waals surface area contributed by atoms with Crippen LogP contribution in [0.25, 0.3) is 0 Å². The summed E-state index contributed by atoms with van der Waals surface area (Å²) in [5, 5.41) is 0. The van der Waals surface area contributed by atoms with E-state index in [-0.39, 0.29) is 36.5 Å². The molecule has 0 aromatic heterocycles. The molecule has 1 aliphatic rings. The monoisotopic (exact) mass is 392 g/mol. The van der Waals surface area contributed by atoms with Gasteiger partial charge >= 0.3 is 0 Å². The van der Waals surface area contributed by atoms with Crippen molar-refractivity contribution in [3.8, 4) is 0 Å². The molecule has 0 spiro atoms. The molecule has 6 nitrogen and oxygen atoms in total. The van der Waals surface area contributed by atoms with Crippen LogP contribution in [0.5, 0.6) is 0 Å². The molecule has 3 amide bonds. The van der Waals surface area contributed by atoms with E-state index < -0.39 is 6.04 Å². The first-order valence-electron chi connectivity index (χ1n) is 9.54. The second-order valence-electron chi connectivity index (χ2n) is 7.40. The molecule has 6 heteroatoms. The van der Waals surface area contributed by atoms with Crippen LogP contribution in [0.1, 0.15) is 55.5 Å². The minimum atomic E-state index is -0.646. The van der Waals surface area contributed by atoms with Crippen LogP contribution in [-0.4, -0.2) is 52.9 Å². The number of hydrogen-bond acceptors (Lipinski definition) is 4. The predicted molar refractivity (Wildman–Crippen MR) is 109 cm³/mol. The quantitative estimate of drug-likeness (QED) is 0.559. The first-order valence-corrected chi connectivity index (χ1v) is 9.54. The molecule has 150 valence electrons. The summed E-state index contributed by atoms with van der Waals surface area (Å²) in [5.74, 6) is -1.23. The molecule has 1 unspecified atom stereocenters. The van der Waals surface area contributed by atoms with Gasteiger partial charge in [0.05, 0.1) is 17.2 Å². The van der Waals surface area contributed by atoms with Crippen molar-refractivity contribution in [2.45, 2.75) is 33.2 Å². The van der Waals surface area contributed by atoms with Gasteiger partial charge < -0.3 is 4.90 Å². The third-order valence-corrected chi connectivity index (χ3v) is 5.57. The van der Waals surface area contributed by atoms with Crippen molar-refractivity contribution in [3.05, 3.63) is 70.3 Å². The highest BCUT2D eigenvalue weighted by atomic mass is 16.2. The van der Waals surface area contributed by atoms with Crippen LogP contribution in [0, 0.1) is 13.8 Å². The number of fused-ring (bicyclic) bond motifs is 1. The summed E-state index contributed by atoms with van der Waals surface area (Å²) in [4.78, 5) is 52.6. The van der Waals surface area contributed by atoms with Crippen LogP contribution >= 0.6 is 0 Å². The zero-order valence-electron chi connectivity index (χ0n) is 17.1. The van der Waals surface area contributed by atoms with E-state index in [0.29, 0.717) is 16.7 Å². The Labute approximate surface area is 170 Å². The molecule has 1 atom stereocenters. The third kappa shape index (κ3) is 3.83. The maximum atomic E-state index is 12.8. The smallest absolute Gasteiger partial charge is 0.261 e. The van der Waals surface area contributed by atoms with Crippen LogP contribution in [0.3, 0.4) is 0 Å². The van der Waals surface area contributed by atoms with Gasteiger partial charge in [-0.3, -0.25) is 24.1 Å². The van der Waals surface area contributed by atoms with Crippen molar-refractivity contribution in [1.29, 1.82) is 0 Å². The molecule has 1 aliphatic heterocycles. The van der Waals surface area contributed by atoms with Crippen LogP contribution in [0.4, 0.5) is 0 Å². The van der Waals surface area contributed by atoms with Crippen molar-refractivity contribution in [3.63, 3.8) is 0 Å². The Balaban J connectivity index is 1.63. The highest BCUT2D eigenvalue weighted by Crippen LogP contribution is 2.22. The van der Waals surface area contributed by atoms with Gasteiger partial charge in [-0.25, -0.2) is 0 Å². The molecule has 2 aromatic carbocycles. The van der Waals surface area contributed by atoms with Crippen LogP contribution in [0.2, 0.25) is 0 Å². The van der Waals surface area contributed by atoms with Gasteiger partial charge in [-0.05, 0) is 50.1 Å². The van der Waals surface area contributed by atoms with Gasteiger partial charge in [-0.2, -0.15) is 0 Å². The maximum Gasteiger partial charge on any atom is 0.261 e. The summed E-state index contributed by atoms with van der Waals surface area (Å²) in [6.45, 7) is 5.58. The molecular formula is C23H24N2O4. The number of rotatable bonds is 6. The fourth-order valence-corrected chi connectivity index (χ4v) is 3.35. The lowest BCUT2D eigenvalue weighted by Gasteiger charge is -2.25. The lowest BCUT2D eigenvalue weighted by Crippen LogP contribution is -2.42. The second-order valence-corrected chi connectivity index (χ2v) is 7.40. The average Bonchev–Trinajstić information content (AvgIpc) is 2.97. The number of hydrogen-bond donors (Lipinski definition) is 0. The van der Waals surface area contributed by atoms with E-state index in [9.17, 15) is 19.2 Å². The number of aryl methyl sites for hydroxylation is 2. The maximum absolute atomic E-state index is 12.8. The fourth-order valence-electron chi connectivity index (χ4n) is 3.35. The van der Waals surface area contributed by atoms with E-state index in [2.05, 4.69) is 0 Å². The number of amides is 3. The van der Waals surface area contributed by atoms with Gasteiger partial charge in [-0.15, -0.1) is 0 Å². The van der Waals surface area contributed by atoms with Crippen molar-refractivity contribution >= 4 is 23.5 Å². The zero-order valence-corrected chi connectivity index (χ0v) is 17.1. The molecular weight excluding hydrogens is 368 g/mol. The Morgan fingerprint density at radius 2 is 1.55 bits per heavy atom. The van der Waals surface area contributed by atoms with Gasteiger partial charge in [-0.1, -0.05) is 24.3 Å². The molecule has 0 fully saturated rings. The standard InChI is InChI=1S/C23H24N2O4/c1-14-9-10-17(13-15(14)2)21(27)16(3)24(4)20(26)11-12-25-22(28)18-7-5-6-8-19(18)23(25)29/h5-10,13,16H,11-12H2,1-4H3.